The molecule has 2 rings (SSSR count). The van der Waals surface area contributed by atoms with Crippen molar-refractivity contribution in [1.29, 1.82) is 0 Å². The Hall–Kier alpha value is -0.780. The third-order valence-corrected chi connectivity index (χ3v) is 4.15. The van der Waals surface area contributed by atoms with Crippen LogP contribution in [0.15, 0.2) is 30.3 Å². The molecule has 0 aromatic heterocycles. The zero-order valence-electron chi connectivity index (χ0n) is 11.0. The highest BCUT2D eigenvalue weighted by atomic mass is 14.2. The van der Waals surface area contributed by atoms with Crippen LogP contribution >= 0.6 is 0 Å². The second kappa shape index (κ2) is 7.53. The summed E-state index contributed by atoms with van der Waals surface area (Å²) in [5, 5.41) is 0. The van der Waals surface area contributed by atoms with Crippen LogP contribution in [0.5, 0.6) is 0 Å². The van der Waals surface area contributed by atoms with E-state index >= 15 is 0 Å². The van der Waals surface area contributed by atoms with Crippen molar-refractivity contribution in [1.82, 2.24) is 0 Å². The molecule has 1 aliphatic carbocycles. The maximum absolute atomic E-state index is 2.25. The molecule has 0 N–H and O–H groups in total. The van der Waals surface area contributed by atoms with Gasteiger partial charge in [0, 0.05) is 0 Å². The number of benzene rings is 1. The van der Waals surface area contributed by atoms with Gasteiger partial charge in [-0.25, -0.2) is 0 Å². The first-order chi connectivity index (χ1) is 8.45. The minimum Gasteiger partial charge on any atom is -0.0622 e. The largest absolute Gasteiger partial charge is 0.0622 e. The van der Waals surface area contributed by atoms with Crippen LogP contribution in [0.1, 0.15) is 63.4 Å². The van der Waals surface area contributed by atoms with Gasteiger partial charge in [-0.2, -0.15) is 0 Å². The lowest BCUT2D eigenvalue weighted by Gasteiger charge is -2.07. The first-order valence-electron chi connectivity index (χ1n) is 7.49. The van der Waals surface area contributed by atoms with Crippen molar-refractivity contribution >= 4 is 0 Å². The molecule has 0 nitrogen and oxygen atoms in total. The van der Waals surface area contributed by atoms with Gasteiger partial charge in [0.05, 0.1) is 0 Å². The van der Waals surface area contributed by atoms with Crippen LogP contribution in [-0.2, 0) is 6.42 Å². The molecule has 0 amide bonds. The smallest absolute Gasteiger partial charge is 0.0279 e. The van der Waals surface area contributed by atoms with Crippen LogP contribution in [0.3, 0.4) is 0 Å². The Bertz CT molecular complexity index is 282. The zero-order chi connectivity index (χ0) is 11.8. The second-order valence-electron chi connectivity index (χ2n) is 5.59. The Morgan fingerprint density at radius 2 is 1.53 bits per heavy atom. The van der Waals surface area contributed by atoms with E-state index in [4.69, 9.17) is 0 Å². The van der Waals surface area contributed by atoms with Gasteiger partial charge in [0.1, 0.15) is 0 Å². The molecule has 0 heterocycles. The van der Waals surface area contributed by atoms with Crippen molar-refractivity contribution in [2.75, 3.05) is 0 Å². The van der Waals surface area contributed by atoms with Gasteiger partial charge < -0.3 is 0 Å². The van der Waals surface area contributed by atoms with Gasteiger partial charge in [0.25, 0.3) is 0 Å². The Morgan fingerprint density at radius 1 is 0.824 bits per heavy atom. The lowest BCUT2D eigenvalue weighted by Crippen LogP contribution is -1.93. The van der Waals surface area contributed by atoms with Crippen LogP contribution in [-0.4, -0.2) is 0 Å². The molecule has 1 aromatic carbocycles. The number of aryl methyl sites for hydroxylation is 1. The molecule has 1 fully saturated rings. The average Bonchev–Trinajstić information content (AvgIpc) is 2.88. The predicted octanol–water partition coefficient (Wildman–Crippen LogP) is 5.37. The van der Waals surface area contributed by atoms with Crippen molar-refractivity contribution in [3.05, 3.63) is 35.9 Å². The van der Waals surface area contributed by atoms with E-state index in [1.165, 1.54) is 69.8 Å². The molecule has 94 valence electrons. The normalized spacial score (nSPS) is 16.5. The summed E-state index contributed by atoms with van der Waals surface area (Å²) in [6.07, 6.45) is 14.5. The number of rotatable bonds is 7. The minimum absolute atomic E-state index is 1.09. The Balaban J connectivity index is 1.46. The molecular weight excluding hydrogens is 204 g/mol. The van der Waals surface area contributed by atoms with Gasteiger partial charge in [-0.1, -0.05) is 81.7 Å². The second-order valence-corrected chi connectivity index (χ2v) is 5.59. The average molecular weight is 230 g/mol. The van der Waals surface area contributed by atoms with Crippen molar-refractivity contribution < 1.29 is 0 Å². The van der Waals surface area contributed by atoms with Crippen molar-refractivity contribution in [2.24, 2.45) is 5.92 Å². The van der Waals surface area contributed by atoms with Gasteiger partial charge >= 0.3 is 0 Å². The maximum atomic E-state index is 2.25. The summed E-state index contributed by atoms with van der Waals surface area (Å²) in [7, 11) is 0. The van der Waals surface area contributed by atoms with Crippen LogP contribution in [0.4, 0.5) is 0 Å². The van der Waals surface area contributed by atoms with E-state index < -0.39 is 0 Å². The fraction of sp³-hybridized carbons (Fsp3) is 0.647. The number of unbranched alkanes of at least 4 members (excludes halogenated alkanes) is 3. The van der Waals surface area contributed by atoms with E-state index in [1.807, 2.05) is 0 Å². The van der Waals surface area contributed by atoms with Gasteiger partial charge in [0.2, 0.25) is 0 Å². The summed E-state index contributed by atoms with van der Waals surface area (Å²) in [6, 6.07) is 10.9. The topological polar surface area (TPSA) is 0 Å². The fourth-order valence-corrected chi connectivity index (χ4v) is 3.06. The van der Waals surface area contributed by atoms with E-state index in [-0.39, 0.29) is 0 Å². The first kappa shape index (κ1) is 12.7. The highest BCUT2D eigenvalue weighted by Crippen LogP contribution is 2.29. The summed E-state index contributed by atoms with van der Waals surface area (Å²) in [5.74, 6) is 1.09. The molecule has 0 saturated heterocycles. The lowest BCUT2D eigenvalue weighted by atomic mass is 9.98. The zero-order valence-corrected chi connectivity index (χ0v) is 11.0. The highest BCUT2D eigenvalue weighted by Gasteiger charge is 2.13. The molecular formula is C17H26. The van der Waals surface area contributed by atoms with E-state index in [2.05, 4.69) is 30.3 Å². The van der Waals surface area contributed by atoms with Gasteiger partial charge in [-0.15, -0.1) is 0 Å². The van der Waals surface area contributed by atoms with Crippen LogP contribution < -0.4 is 0 Å². The van der Waals surface area contributed by atoms with E-state index in [0.717, 1.165) is 5.92 Å². The van der Waals surface area contributed by atoms with Crippen molar-refractivity contribution in [2.45, 2.75) is 64.2 Å². The molecule has 0 spiro atoms. The summed E-state index contributed by atoms with van der Waals surface area (Å²) < 4.78 is 0. The fourth-order valence-electron chi connectivity index (χ4n) is 3.06. The van der Waals surface area contributed by atoms with Crippen LogP contribution in [0, 0.1) is 5.92 Å². The van der Waals surface area contributed by atoms with E-state index in [0.29, 0.717) is 0 Å². The lowest BCUT2D eigenvalue weighted by molar-refractivity contribution is 0.464. The van der Waals surface area contributed by atoms with E-state index in [1.54, 1.807) is 0 Å². The van der Waals surface area contributed by atoms with Crippen molar-refractivity contribution in [3.63, 3.8) is 0 Å². The van der Waals surface area contributed by atoms with Gasteiger partial charge in [0.15, 0.2) is 0 Å². The molecule has 0 atom stereocenters. The minimum atomic E-state index is 1.09. The molecule has 0 aliphatic heterocycles. The maximum Gasteiger partial charge on any atom is -0.0279 e. The summed E-state index contributed by atoms with van der Waals surface area (Å²) >= 11 is 0. The van der Waals surface area contributed by atoms with Crippen LogP contribution in [0.25, 0.3) is 0 Å². The predicted molar refractivity (Wildman–Crippen MR) is 75.2 cm³/mol. The SMILES string of the molecule is c1ccc(CCCCCCC2CCCC2)cc1. The molecule has 0 bridgehead atoms. The Kier molecular flexibility index (Phi) is 5.61. The molecule has 0 radical (unpaired) electrons. The van der Waals surface area contributed by atoms with E-state index in [9.17, 15) is 0 Å². The Morgan fingerprint density at radius 3 is 2.29 bits per heavy atom. The monoisotopic (exact) mass is 230 g/mol. The quantitative estimate of drug-likeness (QED) is 0.552. The summed E-state index contributed by atoms with van der Waals surface area (Å²) in [6.45, 7) is 0. The van der Waals surface area contributed by atoms with Crippen LogP contribution in [0.2, 0.25) is 0 Å². The van der Waals surface area contributed by atoms with Gasteiger partial charge in [-0.3, -0.25) is 0 Å². The Labute approximate surface area is 106 Å². The van der Waals surface area contributed by atoms with Crippen molar-refractivity contribution in [3.8, 4) is 0 Å². The first-order valence-corrected chi connectivity index (χ1v) is 7.49. The molecule has 1 aromatic rings. The highest BCUT2D eigenvalue weighted by molar-refractivity contribution is 5.14. The third-order valence-electron chi connectivity index (χ3n) is 4.15. The number of hydrogen-bond donors (Lipinski definition) is 0. The standard InChI is InChI=1S/C17H26/c1(2-5-11-17-14-8-9-15-17)4-10-16-12-6-3-7-13-16/h3,6-7,12-13,17H,1-2,4-5,8-11,14-15H2. The van der Waals surface area contributed by atoms with Gasteiger partial charge in [-0.05, 0) is 24.3 Å². The molecule has 1 aliphatic rings. The third kappa shape index (κ3) is 4.93. The molecule has 0 heteroatoms. The molecule has 17 heavy (non-hydrogen) atoms. The molecule has 1 saturated carbocycles. The number of hydrogen-bond acceptors (Lipinski definition) is 0. The molecule has 0 unspecified atom stereocenters. The summed E-state index contributed by atoms with van der Waals surface area (Å²) in [5.41, 5.74) is 1.50. The summed E-state index contributed by atoms with van der Waals surface area (Å²) in [4.78, 5) is 0.